The van der Waals surface area contributed by atoms with Crippen molar-refractivity contribution in [3.8, 4) is 5.75 Å². The molecular formula is C16H22O2. The fraction of sp³-hybridized carbons (Fsp3) is 0.625. The highest BCUT2D eigenvalue weighted by molar-refractivity contribution is 5.35. The Labute approximate surface area is 109 Å². The van der Waals surface area contributed by atoms with E-state index >= 15 is 0 Å². The van der Waals surface area contributed by atoms with E-state index in [9.17, 15) is 5.11 Å². The molecule has 1 aromatic rings. The van der Waals surface area contributed by atoms with Gasteiger partial charge < -0.3 is 9.84 Å². The molecule has 3 rings (SSSR count). The summed E-state index contributed by atoms with van der Waals surface area (Å²) in [5.41, 5.74) is 0.368. The molecule has 2 nitrogen and oxygen atoms in total. The van der Waals surface area contributed by atoms with Gasteiger partial charge in [0, 0.05) is 5.41 Å². The van der Waals surface area contributed by atoms with E-state index in [4.69, 9.17) is 4.74 Å². The van der Waals surface area contributed by atoms with Crippen LogP contribution in [0.5, 0.6) is 5.75 Å². The minimum atomic E-state index is -0.664. The van der Waals surface area contributed by atoms with Gasteiger partial charge in [-0.2, -0.15) is 0 Å². The molecular weight excluding hydrogens is 224 g/mol. The molecule has 0 unspecified atom stereocenters. The first kappa shape index (κ1) is 12.0. The topological polar surface area (TPSA) is 29.5 Å². The predicted molar refractivity (Wildman–Crippen MR) is 71.5 cm³/mol. The molecule has 0 aromatic heterocycles. The minimum Gasteiger partial charge on any atom is -0.497 e. The maximum absolute atomic E-state index is 11.3. The Morgan fingerprint density at radius 2 is 1.72 bits per heavy atom. The SMILES string of the molecule is COc1ccc([C@]2(O)[C@H]3CC[C@H](C3)C2(C)C)cc1. The van der Waals surface area contributed by atoms with Crippen LogP contribution in [-0.4, -0.2) is 12.2 Å². The summed E-state index contributed by atoms with van der Waals surface area (Å²) in [6.45, 7) is 4.45. The Bertz CT molecular complexity index is 449. The van der Waals surface area contributed by atoms with Crippen molar-refractivity contribution in [3.05, 3.63) is 29.8 Å². The zero-order valence-electron chi connectivity index (χ0n) is 11.4. The summed E-state index contributed by atoms with van der Waals surface area (Å²) >= 11 is 0. The monoisotopic (exact) mass is 246 g/mol. The molecule has 0 spiro atoms. The maximum atomic E-state index is 11.3. The van der Waals surface area contributed by atoms with Crippen LogP contribution in [0.2, 0.25) is 0 Å². The highest BCUT2D eigenvalue weighted by Crippen LogP contribution is 2.65. The average molecular weight is 246 g/mol. The first-order valence-corrected chi connectivity index (χ1v) is 6.87. The molecule has 0 radical (unpaired) electrons. The lowest BCUT2D eigenvalue weighted by Gasteiger charge is -2.46. The predicted octanol–water partition coefficient (Wildman–Crippen LogP) is 3.34. The molecule has 2 heteroatoms. The Hall–Kier alpha value is -1.02. The van der Waals surface area contributed by atoms with E-state index < -0.39 is 5.60 Å². The van der Waals surface area contributed by atoms with Crippen molar-refractivity contribution in [2.45, 2.75) is 38.7 Å². The molecule has 98 valence electrons. The Morgan fingerprint density at radius 3 is 2.22 bits per heavy atom. The third-order valence-corrected chi connectivity index (χ3v) is 5.56. The Balaban J connectivity index is 2.03. The molecule has 2 bridgehead atoms. The van der Waals surface area contributed by atoms with Gasteiger partial charge in [0.2, 0.25) is 0 Å². The number of aliphatic hydroxyl groups is 1. The second-order valence-corrected chi connectivity index (χ2v) is 6.42. The molecule has 0 amide bonds. The number of fused-ring (bicyclic) bond motifs is 2. The zero-order valence-corrected chi connectivity index (χ0v) is 11.4. The average Bonchev–Trinajstić information content (AvgIpc) is 2.93. The summed E-state index contributed by atoms with van der Waals surface area (Å²) in [5, 5.41) is 11.3. The molecule has 0 saturated heterocycles. The van der Waals surface area contributed by atoms with E-state index in [1.165, 1.54) is 12.8 Å². The van der Waals surface area contributed by atoms with E-state index in [1.54, 1.807) is 7.11 Å². The van der Waals surface area contributed by atoms with Crippen LogP contribution < -0.4 is 4.74 Å². The number of hydrogen-bond donors (Lipinski definition) is 1. The van der Waals surface area contributed by atoms with Gasteiger partial charge in [0.15, 0.2) is 0 Å². The van der Waals surface area contributed by atoms with Crippen molar-refractivity contribution in [1.29, 1.82) is 0 Å². The number of ether oxygens (including phenoxy) is 1. The number of rotatable bonds is 2. The van der Waals surface area contributed by atoms with Crippen LogP contribution >= 0.6 is 0 Å². The smallest absolute Gasteiger partial charge is 0.118 e. The van der Waals surface area contributed by atoms with Gasteiger partial charge in [-0.05, 0) is 48.8 Å². The summed E-state index contributed by atoms with van der Waals surface area (Å²) in [6.07, 6.45) is 3.61. The molecule has 2 saturated carbocycles. The van der Waals surface area contributed by atoms with Crippen molar-refractivity contribution in [3.63, 3.8) is 0 Å². The van der Waals surface area contributed by atoms with Gasteiger partial charge in [-0.15, -0.1) is 0 Å². The summed E-state index contributed by atoms with van der Waals surface area (Å²) in [6, 6.07) is 7.97. The van der Waals surface area contributed by atoms with Gasteiger partial charge in [-0.25, -0.2) is 0 Å². The van der Waals surface area contributed by atoms with E-state index in [0.717, 1.165) is 17.7 Å². The van der Waals surface area contributed by atoms with Crippen LogP contribution in [0.1, 0.15) is 38.7 Å². The van der Waals surface area contributed by atoms with Crippen molar-refractivity contribution in [2.75, 3.05) is 7.11 Å². The molecule has 18 heavy (non-hydrogen) atoms. The van der Waals surface area contributed by atoms with Crippen molar-refractivity contribution < 1.29 is 9.84 Å². The molecule has 2 aliphatic carbocycles. The zero-order chi connectivity index (χ0) is 13.0. The maximum Gasteiger partial charge on any atom is 0.118 e. The van der Waals surface area contributed by atoms with Crippen molar-refractivity contribution in [1.82, 2.24) is 0 Å². The molecule has 2 aliphatic rings. The van der Waals surface area contributed by atoms with Crippen LogP contribution in [-0.2, 0) is 5.60 Å². The normalized spacial score (nSPS) is 36.9. The van der Waals surface area contributed by atoms with Gasteiger partial charge in [0.1, 0.15) is 5.75 Å². The molecule has 1 aromatic carbocycles. The summed E-state index contributed by atoms with van der Waals surface area (Å²) in [5.74, 6) is 1.93. The number of hydrogen-bond acceptors (Lipinski definition) is 2. The first-order chi connectivity index (χ1) is 8.50. The van der Waals surface area contributed by atoms with Crippen molar-refractivity contribution in [2.24, 2.45) is 17.3 Å². The molecule has 2 fully saturated rings. The lowest BCUT2D eigenvalue weighted by atomic mass is 9.62. The quantitative estimate of drug-likeness (QED) is 0.867. The molecule has 1 N–H and O–H groups in total. The summed E-state index contributed by atoms with van der Waals surface area (Å²) in [7, 11) is 1.67. The summed E-state index contributed by atoms with van der Waals surface area (Å²) in [4.78, 5) is 0. The van der Waals surface area contributed by atoms with Crippen LogP contribution in [0.15, 0.2) is 24.3 Å². The van der Waals surface area contributed by atoms with E-state index in [2.05, 4.69) is 13.8 Å². The minimum absolute atomic E-state index is 0.0233. The molecule has 0 aliphatic heterocycles. The highest BCUT2D eigenvalue weighted by atomic mass is 16.5. The van der Waals surface area contributed by atoms with E-state index in [1.807, 2.05) is 24.3 Å². The third kappa shape index (κ3) is 1.33. The van der Waals surface area contributed by atoms with Gasteiger partial charge in [-0.1, -0.05) is 26.0 Å². The summed E-state index contributed by atoms with van der Waals surface area (Å²) < 4.78 is 5.20. The lowest BCUT2D eigenvalue weighted by Crippen LogP contribution is -2.46. The first-order valence-electron chi connectivity index (χ1n) is 6.87. The van der Waals surface area contributed by atoms with Crippen LogP contribution in [0.4, 0.5) is 0 Å². The standard InChI is InChI=1S/C16H22O2/c1-15(2)12-4-5-13(10-12)16(15,17)11-6-8-14(18-3)9-7-11/h6-9,12-13,17H,4-5,10H2,1-3H3/t12-,13+,16+/m1/s1. The van der Waals surface area contributed by atoms with Crippen LogP contribution in [0.3, 0.4) is 0 Å². The molecule has 0 heterocycles. The Kier molecular flexibility index (Phi) is 2.50. The fourth-order valence-electron chi connectivity index (χ4n) is 4.31. The number of benzene rings is 1. The fourth-order valence-corrected chi connectivity index (χ4v) is 4.31. The van der Waals surface area contributed by atoms with Crippen LogP contribution in [0, 0.1) is 17.3 Å². The molecule has 3 atom stereocenters. The highest BCUT2D eigenvalue weighted by Gasteiger charge is 2.62. The van der Waals surface area contributed by atoms with Crippen LogP contribution in [0.25, 0.3) is 0 Å². The van der Waals surface area contributed by atoms with E-state index in [-0.39, 0.29) is 5.41 Å². The Morgan fingerprint density at radius 1 is 1.11 bits per heavy atom. The van der Waals surface area contributed by atoms with Gasteiger partial charge in [0.05, 0.1) is 12.7 Å². The van der Waals surface area contributed by atoms with Gasteiger partial charge >= 0.3 is 0 Å². The van der Waals surface area contributed by atoms with Crippen molar-refractivity contribution >= 4 is 0 Å². The largest absolute Gasteiger partial charge is 0.497 e. The van der Waals surface area contributed by atoms with Gasteiger partial charge in [-0.3, -0.25) is 0 Å². The second-order valence-electron chi connectivity index (χ2n) is 6.42. The van der Waals surface area contributed by atoms with E-state index in [0.29, 0.717) is 11.8 Å². The van der Waals surface area contributed by atoms with Gasteiger partial charge in [0.25, 0.3) is 0 Å². The lowest BCUT2D eigenvalue weighted by molar-refractivity contribution is -0.113. The number of methoxy groups -OCH3 is 1. The third-order valence-electron chi connectivity index (χ3n) is 5.56. The second kappa shape index (κ2) is 3.74.